The van der Waals surface area contributed by atoms with Crippen molar-refractivity contribution in [1.82, 2.24) is 0 Å². The van der Waals surface area contributed by atoms with Gasteiger partial charge in [-0.3, -0.25) is 0 Å². The number of hydrogen-bond acceptors (Lipinski definition) is 2. The number of rotatable bonds is 3. The van der Waals surface area contributed by atoms with Crippen molar-refractivity contribution >= 4 is 5.69 Å². The summed E-state index contributed by atoms with van der Waals surface area (Å²) in [5.41, 5.74) is 2.68. The summed E-state index contributed by atoms with van der Waals surface area (Å²) in [4.78, 5) is 2.17. The van der Waals surface area contributed by atoms with E-state index >= 15 is 0 Å². The average molecular weight is 233 g/mol. The highest BCUT2D eigenvalue weighted by molar-refractivity contribution is 5.61. The molecule has 0 spiro atoms. The van der Waals surface area contributed by atoms with Crippen LogP contribution in [-0.4, -0.2) is 20.2 Å². The van der Waals surface area contributed by atoms with E-state index in [0.717, 1.165) is 5.75 Å². The molecule has 17 heavy (non-hydrogen) atoms. The minimum Gasteiger partial charge on any atom is -0.490 e. The van der Waals surface area contributed by atoms with Gasteiger partial charge in [-0.1, -0.05) is 26.8 Å². The molecule has 0 radical (unpaired) electrons. The average Bonchev–Trinajstić information content (AvgIpc) is 2.99. The molecule has 0 unspecified atom stereocenters. The summed E-state index contributed by atoms with van der Waals surface area (Å²) >= 11 is 0. The maximum atomic E-state index is 6.05. The molecule has 0 amide bonds. The lowest BCUT2D eigenvalue weighted by molar-refractivity contribution is 0.295. The topological polar surface area (TPSA) is 12.5 Å². The molecule has 1 aromatic carbocycles. The van der Waals surface area contributed by atoms with Gasteiger partial charge in [0.15, 0.2) is 0 Å². The summed E-state index contributed by atoms with van der Waals surface area (Å²) in [5, 5.41) is 0. The molecule has 0 atom stereocenters. The molecule has 1 fully saturated rings. The van der Waals surface area contributed by atoms with Crippen molar-refractivity contribution in [2.75, 3.05) is 19.0 Å². The third-order valence-electron chi connectivity index (χ3n) is 3.05. The van der Waals surface area contributed by atoms with Crippen molar-refractivity contribution in [3.05, 3.63) is 23.8 Å². The van der Waals surface area contributed by atoms with Gasteiger partial charge in [-0.05, 0) is 30.4 Å². The molecule has 0 saturated heterocycles. The number of ether oxygens (including phenoxy) is 1. The zero-order valence-electron chi connectivity index (χ0n) is 11.6. The fraction of sp³-hybridized carbons (Fsp3) is 0.600. The first-order valence-electron chi connectivity index (χ1n) is 6.37. The Bertz CT molecular complexity index is 400. The Morgan fingerprint density at radius 3 is 2.29 bits per heavy atom. The van der Waals surface area contributed by atoms with Crippen LogP contribution in [0.3, 0.4) is 0 Å². The van der Waals surface area contributed by atoms with Gasteiger partial charge in [-0.15, -0.1) is 0 Å². The normalized spacial score (nSPS) is 15.8. The van der Waals surface area contributed by atoms with Crippen LogP contribution < -0.4 is 9.64 Å². The molecular formula is C15H23NO. The largest absolute Gasteiger partial charge is 0.490 e. The van der Waals surface area contributed by atoms with Crippen LogP contribution in [0.1, 0.15) is 39.2 Å². The van der Waals surface area contributed by atoms with Gasteiger partial charge >= 0.3 is 0 Å². The van der Waals surface area contributed by atoms with E-state index in [0.29, 0.717) is 6.10 Å². The summed E-state index contributed by atoms with van der Waals surface area (Å²) in [6, 6.07) is 6.36. The minimum atomic E-state index is 0.102. The molecular weight excluding hydrogens is 210 g/mol. The zero-order valence-corrected chi connectivity index (χ0v) is 11.6. The molecule has 0 aliphatic heterocycles. The van der Waals surface area contributed by atoms with Crippen molar-refractivity contribution < 1.29 is 4.74 Å². The van der Waals surface area contributed by atoms with Crippen LogP contribution in [0.25, 0.3) is 0 Å². The Balaban J connectivity index is 2.45. The lowest BCUT2D eigenvalue weighted by atomic mass is 9.84. The van der Waals surface area contributed by atoms with Crippen LogP contribution in [0.2, 0.25) is 0 Å². The Hall–Kier alpha value is -1.18. The summed E-state index contributed by atoms with van der Waals surface area (Å²) in [6.07, 6.45) is 2.86. The van der Waals surface area contributed by atoms with Gasteiger partial charge < -0.3 is 9.64 Å². The number of nitrogens with zero attached hydrogens (tertiary/aromatic N) is 1. The number of anilines is 1. The van der Waals surface area contributed by atoms with Gasteiger partial charge in [-0.2, -0.15) is 0 Å². The fourth-order valence-corrected chi connectivity index (χ4v) is 2.11. The van der Waals surface area contributed by atoms with Crippen molar-refractivity contribution in [1.29, 1.82) is 0 Å². The van der Waals surface area contributed by atoms with Gasteiger partial charge in [0.2, 0.25) is 0 Å². The third kappa shape index (κ3) is 2.74. The maximum Gasteiger partial charge on any atom is 0.125 e. The van der Waals surface area contributed by atoms with Crippen LogP contribution in [0.4, 0.5) is 5.69 Å². The smallest absolute Gasteiger partial charge is 0.125 e. The second-order valence-corrected chi connectivity index (χ2v) is 6.11. The molecule has 2 heteroatoms. The van der Waals surface area contributed by atoms with Gasteiger partial charge in [0.1, 0.15) is 5.75 Å². The summed E-state index contributed by atoms with van der Waals surface area (Å²) in [6.45, 7) is 6.74. The second kappa shape index (κ2) is 4.25. The SMILES string of the molecule is CN(C)c1cccc(OC2CC2)c1C(C)(C)C. The Morgan fingerprint density at radius 1 is 1.18 bits per heavy atom. The van der Waals surface area contributed by atoms with Gasteiger partial charge in [0, 0.05) is 25.3 Å². The van der Waals surface area contributed by atoms with E-state index in [1.165, 1.54) is 24.1 Å². The maximum absolute atomic E-state index is 6.05. The quantitative estimate of drug-likeness (QED) is 0.791. The number of benzene rings is 1. The van der Waals surface area contributed by atoms with E-state index in [9.17, 15) is 0 Å². The molecule has 1 saturated carbocycles. The highest BCUT2D eigenvalue weighted by Crippen LogP contribution is 2.40. The van der Waals surface area contributed by atoms with E-state index in [-0.39, 0.29) is 5.41 Å². The van der Waals surface area contributed by atoms with E-state index in [1.807, 2.05) is 0 Å². The molecule has 2 rings (SSSR count). The third-order valence-corrected chi connectivity index (χ3v) is 3.05. The lowest BCUT2D eigenvalue weighted by Gasteiger charge is -2.29. The number of hydrogen-bond donors (Lipinski definition) is 0. The Morgan fingerprint density at radius 2 is 1.82 bits per heavy atom. The molecule has 0 heterocycles. The molecule has 0 N–H and O–H groups in total. The Labute approximate surface area is 105 Å². The highest BCUT2D eigenvalue weighted by atomic mass is 16.5. The zero-order chi connectivity index (χ0) is 12.6. The molecule has 1 aliphatic carbocycles. The predicted molar refractivity (Wildman–Crippen MR) is 73.1 cm³/mol. The van der Waals surface area contributed by atoms with Gasteiger partial charge in [0.25, 0.3) is 0 Å². The molecule has 0 bridgehead atoms. The van der Waals surface area contributed by atoms with E-state index in [4.69, 9.17) is 4.74 Å². The first-order valence-corrected chi connectivity index (χ1v) is 6.37. The first-order chi connectivity index (χ1) is 7.89. The second-order valence-electron chi connectivity index (χ2n) is 6.11. The lowest BCUT2D eigenvalue weighted by Crippen LogP contribution is -2.20. The van der Waals surface area contributed by atoms with E-state index < -0.39 is 0 Å². The monoisotopic (exact) mass is 233 g/mol. The molecule has 0 aromatic heterocycles. The fourth-order valence-electron chi connectivity index (χ4n) is 2.11. The van der Waals surface area contributed by atoms with Crippen molar-refractivity contribution in [3.63, 3.8) is 0 Å². The van der Waals surface area contributed by atoms with E-state index in [1.54, 1.807) is 0 Å². The van der Waals surface area contributed by atoms with Crippen LogP contribution in [-0.2, 0) is 5.41 Å². The standard InChI is InChI=1S/C15H23NO/c1-15(2,3)14-12(16(4)5)7-6-8-13(14)17-11-9-10-11/h6-8,11H,9-10H2,1-5H3. The molecule has 1 aromatic rings. The van der Waals surface area contributed by atoms with Crippen LogP contribution >= 0.6 is 0 Å². The van der Waals surface area contributed by atoms with Gasteiger partial charge in [0.05, 0.1) is 6.10 Å². The Kier molecular flexibility index (Phi) is 3.07. The summed E-state index contributed by atoms with van der Waals surface area (Å²) in [5.74, 6) is 1.06. The van der Waals surface area contributed by atoms with Crippen LogP contribution in [0, 0.1) is 0 Å². The predicted octanol–water partition coefficient (Wildman–Crippen LogP) is 3.59. The molecule has 1 aliphatic rings. The van der Waals surface area contributed by atoms with Crippen molar-refractivity contribution in [2.24, 2.45) is 0 Å². The summed E-state index contributed by atoms with van der Waals surface area (Å²) in [7, 11) is 4.18. The van der Waals surface area contributed by atoms with Crippen LogP contribution in [0.15, 0.2) is 18.2 Å². The van der Waals surface area contributed by atoms with E-state index in [2.05, 4.69) is 58.0 Å². The highest BCUT2D eigenvalue weighted by Gasteiger charge is 2.29. The van der Waals surface area contributed by atoms with Crippen LogP contribution in [0.5, 0.6) is 5.75 Å². The minimum absolute atomic E-state index is 0.102. The molecule has 94 valence electrons. The summed E-state index contributed by atoms with van der Waals surface area (Å²) < 4.78 is 6.05. The molecule has 2 nitrogen and oxygen atoms in total. The van der Waals surface area contributed by atoms with Crippen molar-refractivity contribution in [2.45, 2.75) is 45.1 Å². The first kappa shape index (κ1) is 12.3. The van der Waals surface area contributed by atoms with Gasteiger partial charge in [-0.25, -0.2) is 0 Å². The van der Waals surface area contributed by atoms with Crippen molar-refractivity contribution in [3.8, 4) is 5.75 Å².